The van der Waals surface area contributed by atoms with Crippen molar-refractivity contribution in [3.05, 3.63) is 34.9 Å². The van der Waals surface area contributed by atoms with Crippen LogP contribution in [0.3, 0.4) is 0 Å². The van der Waals surface area contributed by atoms with E-state index >= 15 is 0 Å². The molecule has 1 rings (SSSR count). The lowest BCUT2D eigenvalue weighted by Crippen LogP contribution is -2.29. The monoisotopic (exact) mass is 675 g/mol. The van der Waals surface area contributed by atoms with E-state index in [9.17, 15) is 0 Å². The average Bonchev–Trinajstić information content (AvgIpc) is 2.96. The minimum Gasteiger partial charge on any atom is -0.376 e. The van der Waals surface area contributed by atoms with Gasteiger partial charge >= 0.3 is 0 Å². The van der Waals surface area contributed by atoms with Crippen molar-refractivity contribution in [1.29, 1.82) is 0 Å². The van der Waals surface area contributed by atoms with Gasteiger partial charge in [-0.15, -0.1) is 0 Å². The molecule has 0 bridgehead atoms. The van der Waals surface area contributed by atoms with E-state index in [0.29, 0.717) is 17.8 Å². The lowest BCUT2D eigenvalue weighted by Gasteiger charge is -2.18. The van der Waals surface area contributed by atoms with Crippen LogP contribution < -0.4 is 16.0 Å². The van der Waals surface area contributed by atoms with Gasteiger partial charge in [0.15, 0.2) is 0 Å². The zero-order valence-electron chi connectivity index (χ0n) is 30.5. The molecule has 0 aliphatic heterocycles. The van der Waals surface area contributed by atoms with Gasteiger partial charge in [-0.3, -0.25) is 0 Å². The Kier molecular flexibility index (Phi) is 22.4. The minimum absolute atomic E-state index is 0.690. The topological polar surface area (TPSA) is 36.1 Å². The molecule has 0 unspecified atom stereocenters. The third-order valence-electron chi connectivity index (χ3n) is 8.92. The summed E-state index contributed by atoms with van der Waals surface area (Å²) in [6.45, 7) is 23.6. The zero-order valence-corrected chi connectivity index (χ0v) is 33.0. The van der Waals surface area contributed by atoms with Crippen LogP contribution in [0.4, 0.5) is 0 Å². The van der Waals surface area contributed by atoms with Crippen LogP contribution in [0.25, 0.3) is 0 Å². The lowest BCUT2D eigenvalue weighted by molar-refractivity contribution is 0.436. The van der Waals surface area contributed by atoms with Crippen LogP contribution in [0.15, 0.2) is 18.2 Å². The molecule has 0 radical (unpaired) electrons. The van der Waals surface area contributed by atoms with Crippen LogP contribution in [0, 0.1) is 35.5 Å². The third kappa shape index (κ3) is 20.7. The smallest absolute Gasteiger partial charge is 0.106 e. The molecule has 3 atom stereocenters. The van der Waals surface area contributed by atoms with Crippen molar-refractivity contribution in [3.8, 4) is 0 Å². The van der Waals surface area contributed by atoms with Crippen molar-refractivity contribution in [2.45, 2.75) is 139 Å². The molecule has 0 heterocycles. The van der Waals surface area contributed by atoms with Gasteiger partial charge in [-0.1, -0.05) is 157 Å². The van der Waals surface area contributed by atoms with E-state index < -0.39 is 0 Å². The van der Waals surface area contributed by atoms with Gasteiger partial charge < -0.3 is 16.0 Å². The molecular formula is C39H69N3S3. The Hall–Kier alpha value is -1.11. The Morgan fingerprint density at radius 2 is 0.667 bits per heavy atom. The largest absolute Gasteiger partial charge is 0.376 e. The van der Waals surface area contributed by atoms with Crippen LogP contribution in [0.2, 0.25) is 0 Å². The first-order chi connectivity index (χ1) is 21.3. The fourth-order valence-corrected chi connectivity index (χ4v) is 6.34. The minimum atomic E-state index is 0.690. The van der Waals surface area contributed by atoms with Crippen LogP contribution in [0.5, 0.6) is 0 Å². The summed E-state index contributed by atoms with van der Waals surface area (Å²) in [5.74, 6) is 4.41. The fourth-order valence-electron chi connectivity index (χ4n) is 5.68. The fraction of sp³-hybridized carbons (Fsp3) is 0.769. The molecule has 3 nitrogen and oxygen atoms in total. The molecule has 1 aromatic carbocycles. The molecule has 0 aromatic heterocycles. The highest BCUT2D eigenvalue weighted by Crippen LogP contribution is 2.18. The summed E-state index contributed by atoms with van der Waals surface area (Å²) in [6.07, 6.45) is 15.0. The second-order valence-electron chi connectivity index (χ2n) is 15.2. The van der Waals surface area contributed by atoms with Crippen molar-refractivity contribution in [3.63, 3.8) is 0 Å². The van der Waals surface area contributed by atoms with Crippen molar-refractivity contribution < 1.29 is 0 Å². The molecule has 0 aliphatic carbocycles. The quantitative estimate of drug-likeness (QED) is 0.0947. The first kappa shape index (κ1) is 41.9. The summed E-state index contributed by atoms with van der Waals surface area (Å²) in [4.78, 5) is 2.32. The number of nitrogens with one attached hydrogen (secondary N) is 3. The maximum Gasteiger partial charge on any atom is 0.106 e. The summed E-state index contributed by atoms with van der Waals surface area (Å²) in [6, 6.07) is 6.39. The normalized spacial score (nSPS) is 13.6. The Morgan fingerprint density at radius 3 is 0.889 bits per heavy atom. The lowest BCUT2D eigenvalue weighted by atomic mass is 9.97. The third-order valence-corrected chi connectivity index (χ3v) is 10.1. The van der Waals surface area contributed by atoms with Gasteiger partial charge in [0.25, 0.3) is 0 Å². The van der Waals surface area contributed by atoms with E-state index in [4.69, 9.17) is 36.7 Å². The van der Waals surface area contributed by atoms with Gasteiger partial charge in [-0.2, -0.15) is 0 Å². The van der Waals surface area contributed by atoms with E-state index in [1.807, 2.05) is 0 Å². The highest BCUT2D eigenvalue weighted by atomic mass is 32.1. The molecule has 0 spiro atoms. The molecule has 0 saturated heterocycles. The molecule has 45 heavy (non-hydrogen) atoms. The van der Waals surface area contributed by atoms with Gasteiger partial charge in [0.1, 0.15) is 15.0 Å². The number of hydrogen-bond acceptors (Lipinski definition) is 3. The van der Waals surface area contributed by atoms with Gasteiger partial charge in [0.05, 0.1) is 0 Å². The standard InChI is InChI=1S/C39H69N3S3/c1-28(2)13-10-16-31(7)19-22-40-37(43)34-25-35(38(44)41-23-20-32(8)17-11-14-29(3)4)27-36(26-34)39(45)42-24-21-33(9)18-12-15-30(5)6/h25-33H,10-24H2,1-9H3,(H,40,43)(H,41,44)(H,42,45)/t31-,32-,33-/m1/s1. The van der Waals surface area contributed by atoms with Crippen molar-refractivity contribution in [1.82, 2.24) is 16.0 Å². The molecular weight excluding hydrogens is 607 g/mol. The van der Waals surface area contributed by atoms with E-state index in [2.05, 4.69) is 96.5 Å². The van der Waals surface area contributed by atoms with Crippen LogP contribution in [-0.4, -0.2) is 34.6 Å². The van der Waals surface area contributed by atoms with Crippen LogP contribution in [0.1, 0.15) is 156 Å². The van der Waals surface area contributed by atoms with Crippen LogP contribution in [-0.2, 0) is 0 Å². The molecule has 0 aliphatic rings. The van der Waals surface area contributed by atoms with Gasteiger partial charge in [0.2, 0.25) is 0 Å². The van der Waals surface area contributed by atoms with Crippen LogP contribution >= 0.6 is 36.7 Å². The average molecular weight is 676 g/mol. The summed E-state index contributed by atoms with van der Waals surface area (Å²) in [5.41, 5.74) is 2.96. The van der Waals surface area contributed by atoms with Crippen molar-refractivity contribution >= 4 is 51.6 Å². The van der Waals surface area contributed by atoms with E-state index in [-0.39, 0.29) is 0 Å². The molecule has 1 aromatic rings. The van der Waals surface area contributed by atoms with Gasteiger partial charge in [-0.25, -0.2) is 0 Å². The van der Waals surface area contributed by atoms with Crippen molar-refractivity contribution in [2.75, 3.05) is 19.6 Å². The summed E-state index contributed by atoms with van der Waals surface area (Å²) in [5, 5.41) is 10.6. The molecule has 6 heteroatoms. The SMILES string of the molecule is CC(C)CCC[C@@H](C)CCNC(=S)c1cc(C(=S)NCC[C@H](C)CCCC(C)C)cc(C(=S)NCC[C@H](C)CCCC(C)C)c1. The highest BCUT2D eigenvalue weighted by Gasteiger charge is 2.13. The van der Waals surface area contributed by atoms with Gasteiger partial charge in [0, 0.05) is 36.3 Å². The van der Waals surface area contributed by atoms with Gasteiger partial charge in [-0.05, 0) is 73.0 Å². The summed E-state index contributed by atoms with van der Waals surface area (Å²) >= 11 is 17.7. The maximum absolute atomic E-state index is 5.91. The number of thiocarbonyl (C=S) groups is 3. The Bertz CT molecular complexity index is 852. The second-order valence-corrected chi connectivity index (χ2v) is 16.4. The highest BCUT2D eigenvalue weighted by molar-refractivity contribution is 7.81. The Morgan fingerprint density at radius 1 is 0.422 bits per heavy atom. The summed E-state index contributed by atoms with van der Waals surface area (Å²) in [7, 11) is 0. The molecule has 0 saturated carbocycles. The molecule has 0 amide bonds. The molecule has 3 N–H and O–H groups in total. The van der Waals surface area contributed by atoms with E-state index in [1.54, 1.807) is 0 Å². The summed E-state index contributed by atoms with van der Waals surface area (Å²) < 4.78 is 0. The molecule has 258 valence electrons. The van der Waals surface area contributed by atoms with E-state index in [0.717, 1.165) is 88.3 Å². The maximum atomic E-state index is 5.91. The first-order valence-electron chi connectivity index (χ1n) is 18.3. The number of hydrogen-bond donors (Lipinski definition) is 3. The molecule has 0 fully saturated rings. The zero-order chi connectivity index (χ0) is 33.8. The Labute approximate surface area is 295 Å². The van der Waals surface area contributed by atoms with Crippen molar-refractivity contribution in [2.24, 2.45) is 35.5 Å². The Balaban J connectivity index is 2.85. The second kappa shape index (κ2) is 24.1. The number of benzene rings is 1. The predicted molar refractivity (Wildman–Crippen MR) is 213 cm³/mol. The predicted octanol–water partition coefficient (Wildman–Crippen LogP) is 11.0. The van der Waals surface area contributed by atoms with E-state index in [1.165, 1.54) is 57.8 Å². The first-order valence-corrected chi connectivity index (χ1v) is 19.5. The number of rotatable bonds is 24.